The van der Waals surface area contributed by atoms with Crippen molar-refractivity contribution in [3.63, 3.8) is 0 Å². The molecule has 0 aromatic carbocycles. The zero-order chi connectivity index (χ0) is 16.4. The molecule has 2 N–H and O–H groups in total. The van der Waals surface area contributed by atoms with Crippen molar-refractivity contribution in [3.05, 3.63) is 59.2 Å². The summed E-state index contributed by atoms with van der Waals surface area (Å²) in [7, 11) is 0. The molecule has 124 valence electrons. The Kier molecular flexibility index (Phi) is 4.41. The van der Waals surface area contributed by atoms with Crippen LogP contribution >= 0.6 is 0 Å². The number of piperidine rings is 1. The fraction of sp³-hybridized carbons (Fsp3) is 0.400. The van der Waals surface area contributed by atoms with E-state index in [9.17, 15) is 0 Å². The molecule has 0 radical (unpaired) electrons. The Hall–Kier alpha value is -2.04. The van der Waals surface area contributed by atoms with Gasteiger partial charge in [0.15, 0.2) is 0 Å². The van der Waals surface area contributed by atoms with Gasteiger partial charge in [0, 0.05) is 36.4 Å². The molecule has 4 rings (SSSR count). The third-order valence-electron chi connectivity index (χ3n) is 5.07. The Morgan fingerprint density at radius 2 is 2.00 bits per heavy atom. The maximum atomic E-state index is 4.47. The van der Waals surface area contributed by atoms with Crippen molar-refractivity contribution in [3.8, 4) is 0 Å². The van der Waals surface area contributed by atoms with Crippen LogP contribution in [0.4, 0.5) is 0 Å². The van der Waals surface area contributed by atoms with Gasteiger partial charge in [-0.1, -0.05) is 12.1 Å². The lowest BCUT2D eigenvalue weighted by Crippen LogP contribution is -2.42. The smallest absolute Gasteiger partial charge is 0.0384 e. The topological polar surface area (TPSA) is 49.8 Å². The van der Waals surface area contributed by atoms with Crippen molar-refractivity contribution >= 4 is 11.6 Å². The highest BCUT2D eigenvalue weighted by atomic mass is 15.0. The second-order valence-electron chi connectivity index (χ2n) is 6.81. The minimum atomic E-state index is 0.332. The van der Waals surface area contributed by atoms with Crippen molar-refractivity contribution in [1.82, 2.24) is 20.6 Å². The summed E-state index contributed by atoms with van der Waals surface area (Å²) in [6.45, 7) is 4.24. The van der Waals surface area contributed by atoms with Crippen molar-refractivity contribution < 1.29 is 0 Å². The van der Waals surface area contributed by atoms with Gasteiger partial charge < -0.3 is 10.6 Å². The van der Waals surface area contributed by atoms with E-state index in [0.29, 0.717) is 12.1 Å². The van der Waals surface area contributed by atoms with Gasteiger partial charge in [0.2, 0.25) is 0 Å². The maximum Gasteiger partial charge on any atom is 0.0384 e. The number of pyridine rings is 2. The van der Waals surface area contributed by atoms with E-state index in [1.54, 1.807) is 0 Å². The van der Waals surface area contributed by atoms with Crippen LogP contribution in [-0.4, -0.2) is 29.1 Å². The fourth-order valence-corrected chi connectivity index (χ4v) is 3.70. The fourth-order valence-electron chi connectivity index (χ4n) is 3.70. The van der Waals surface area contributed by atoms with Gasteiger partial charge in [0.25, 0.3) is 0 Å². The van der Waals surface area contributed by atoms with E-state index in [1.165, 1.54) is 35.1 Å². The molecular formula is C20H24N4. The Morgan fingerprint density at radius 3 is 2.79 bits per heavy atom. The van der Waals surface area contributed by atoms with Crippen molar-refractivity contribution in [2.75, 3.05) is 13.1 Å². The van der Waals surface area contributed by atoms with Gasteiger partial charge in [0.05, 0.1) is 0 Å². The van der Waals surface area contributed by atoms with Crippen LogP contribution in [0.1, 0.15) is 47.7 Å². The highest BCUT2D eigenvalue weighted by Gasteiger charge is 2.25. The van der Waals surface area contributed by atoms with Crippen LogP contribution < -0.4 is 10.6 Å². The zero-order valence-corrected chi connectivity index (χ0v) is 14.1. The molecule has 2 aromatic rings. The SMILES string of the molecule is Cc1ccc(C2=Cc3ccncc3C(NC3CCNCC3)C2)cn1. The average molecular weight is 320 g/mol. The molecular weight excluding hydrogens is 296 g/mol. The lowest BCUT2D eigenvalue weighted by atomic mass is 9.86. The number of aromatic nitrogens is 2. The van der Waals surface area contributed by atoms with Gasteiger partial charge in [-0.2, -0.15) is 0 Å². The lowest BCUT2D eigenvalue weighted by molar-refractivity contribution is 0.350. The number of hydrogen-bond donors (Lipinski definition) is 2. The monoisotopic (exact) mass is 320 g/mol. The number of nitrogens with one attached hydrogen (secondary N) is 2. The van der Waals surface area contributed by atoms with E-state index in [2.05, 4.69) is 44.9 Å². The molecule has 0 bridgehead atoms. The lowest BCUT2D eigenvalue weighted by Gasteiger charge is -2.32. The van der Waals surface area contributed by atoms with Crippen LogP contribution in [0.3, 0.4) is 0 Å². The Labute approximate surface area is 143 Å². The van der Waals surface area contributed by atoms with Crippen LogP contribution in [0, 0.1) is 6.92 Å². The molecule has 0 spiro atoms. The van der Waals surface area contributed by atoms with E-state index >= 15 is 0 Å². The second kappa shape index (κ2) is 6.83. The van der Waals surface area contributed by atoms with Crippen LogP contribution in [0.5, 0.6) is 0 Å². The first-order chi connectivity index (χ1) is 11.8. The largest absolute Gasteiger partial charge is 0.317 e. The summed E-state index contributed by atoms with van der Waals surface area (Å²) in [4.78, 5) is 8.83. The number of rotatable bonds is 3. The normalized spacial score (nSPS) is 21.2. The summed E-state index contributed by atoms with van der Waals surface area (Å²) in [5.74, 6) is 0. The van der Waals surface area contributed by atoms with Gasteiger partial charge in [-0.3, -0.25) is 9.97 Å². The number of hydrogen-bond acceptors (Lipinski definition) is 4. The zero-order valence-electron chi connectivity index (χ0n) is 14.1. The average Bonchev–Trinajstić information content (AvgIpc) is 2.63. The minimum absolute atomic E-state index is 0.332. The van der Waals surface area contributed by atoms with E-state index in [-0.39, 0.29) is 0 Å². The molecule has 0 saturated carbocycles. The predicted molar refractivity (Wildman–Crippen MR) is 97.5 cm³/mol. The first-order valence-corrected chi connectivity index (χ1v) is 8.84. The second-order valence-corrected chi connectivity index (χ2v) is 6.81. The number of aryl methyl sites for hydroxylation is 1. The molecule has 1 unspecified atom stereocenters. The van der Waals surface area contributed by atoms with E-state index in [1.807, 2.05) is 25.5 Å². The quantitative estimate of drug-likeness (QED) is 0.912. The molecule has 24 heavy (non-hydrogen) atoms. The van der Waals surface area contributed by atoms with Gasteiger partial charge in [-0.05, 0) is 73.7 Å². The third-order valence-corrected chi connectivity index (χ3v) is 5.07. The molecule has 0 amide bonds. The molecule has 4 heteroatoms. The van der Waals surface area contributed by atoms with Crippen LogP contribution in [0.25, 0.3) is 11.6 Å². The van der Waals surface area contributed by atoms with E-state index in [4.69, 9.17) is 0 Å². The molecule has 4 nitrogen and oxygen atoms in total. The Bertz CT molecular complexity index is 730. The standard InChI is InChI=1S/C20H24N4/c1-14-2-3-16(12-23-14)17-10-15-4-7-22-13-19(15)20(11-17)24-18-5-8-21-9-6-18/h2-4,7,10,12-13,18,20-21,24H,5-6,8-9,11H2,1H3. The summed E-state index contributed by atoms with van der Waals surface area (Å²) in [5, 5.41) is 7.32. The molecule has 2 aliphatic rings. The molecule has 1 saturated heterocycles. The third kappa shape index (κ3) is 3.25. The molecule has 2 aromatic heterocycles. The van der Waals surface area contributed by atoms with Gasteiger partial charge in [-0.25, -0.2) is 0 Å². The first-order valence-electron chi connectivity index (χ1n) is 8.84. The van der Waals surface area contributed by atoms with Gasteiger partial charge in [0.1, 0.15) is 0 Å². The molecule has 1 fully saturated rings. The van der Waals surface area contributed by atoms with Gasteiger partial charge >= 0.3 is 0 Å². The summed E-state index contributed by atoms with van der Waals surface area (Å²) in [6.07, 6.45) is 11.6. The summed E-state index contributed by atoms with van der Waals surface area (Å²) in [6, 6.07) is 7.31. The molecule has 1 atom stereocenters. The van der Waals surface area contributed by atoms with Crippen LogP contribution in [0.15, 0.2) is 36.8 Å². The van der Waals surface area contributed by atoms with E-state index < -0.39 is 0 Å². The van der Waals surface area contributed by atoms with Crippen molar-refractivity contribution in [1.29, 1.82) is 0 Å². The predicted octanol–water partition coefficient (Wildman–Crippen LogP) is 3.11. The van der Waals surface area contributed by atoms with E-state index in [0.717, 1.165) is 25.2 Å². The summed E-state index contributed by atoms with van der Waals surface area (Å²) in [5.41, 5.74) is 6.23. The van der Waals surface area contributed by atoms with Crippen LogP contribution in [0.2, 0.25) is 0 Å². The van der Waals surface area contributed by atoms with Crippen molar-refractivity contribution in [2.24, 2.45) is 0 Å². The minimum Gasteiger partial charge on any atom is -0.317 e. The summed E-state index contributed by atoms with van der Waals surface area (Å²) < 4.78 is 0. The molecule has 1 aliphatic carbocycles. The molecule has 1 aliphatic heterocycles. The van der Waals surface area contributed by atoms with Gasteiger partial charge in [-0.15, -0.1) is 0 Å². The number of nitrogens with zero attached hydrogens (tertiary/aromatic N) is 2. The first kappa shape index (κ1) is 15.5. The Morgan fingerprint density at radius 1 is 1.12 bits per heavy atom. The number of fused-ring (bicyclic) bond motifs is 1. The Balaban J connectivity index is 1.63. The van der Waals surface area contributed by atoms with Crippen LogP contribution in [-0.2, 0) is 0 Å². The highest BCUT2D eigenvalue weighted by molar-refractivity contribution is 5.84. The highest BCUT2D eigenvalue weighted by Crippen LogP contribution is 2.36. The summed E-state index contributed by atoms with van der Waals surface area (Å²) >= 11 is 0. The molecule has 3 heterocycles. The maximum absolute atomic E-state index is 4.47. The van der Waals surface area contributed by atoms with Crippen molar-refractivity contribution in [2.45, 2.75) is 38.3 Å².